The van der Waals surface area contributed by atoms with Gasteiger partial charge in [-0.15, -0.1) is 11.3 Å². The lowest BCUT2D eigenvalue weighted by Crippen LogP contribution is -2.21. The highest BCUT2D eigenvalue weighted by atomic mass is 32.1. The zero-order chi connectivity index (χ0) is 27.7. The molecule has 0 radical (unpaired) electrons. The second-order valence-corrected chi connectivity index (χ2v) is 8.50. The number of carbonyl (C=O) groups excluding carboxylic acids is 1. The second kappa shape index (κ2) is 10.1. The van der Waals surface area contributed by atoms with Gasteiger partial charge in [-0.3, -0.25) is 10.2 Å². The third-order valence-corrected chi connectivity index (χ3v) is 5.72. The van der Waals surface area contributed by atoms with Crippen LogP contribution >= 0.6 is 11.3 Å². The van der Waals surface area contributed by atoms with Gasteiger partial charge < -0.3 is 16.4 Å². The van der Waals surface area contributed by atoms with E-state index in [4.69, 9.17) is 11.1 Å². The van der Waals surface area contributed by atoms with E-state index in [1.807, 2.05) is 0 Å². The largest absolute Gasteiger partial charge is 0.434 e. The first kappa shape index (κ1) is 26.5. The molecule has 5 N–H and O–H groups in total. The van der Waals surface area contributed by atoms with E-state index in [-0.39, 0.29) is 27.9 Å². The van der Waals surface area contributed by atoms with E-state index in [0.717, 1.165) is 23.5 Å². The van der Waals surface area contributed by atoms with Gasteiger partial charge in [-0.25, -0.2) is 15.0 Å². The van der Waals surface area contributed by atoms with E-state index < -0.39 is 41.0 Å². The highest BCUT2D eigenvalue weighted by Gasteiger charge is 2.38. The number of alkyl halides is 6. The number of thiazole rings is 1. The first-order valence-corrected chi connectivity index (χ1v) is 11.3. The lowest BCUT2D eigenvalue weighted by molar-refractivity contribution is -0.141. The van der Waals surface area contributed by atoms with E-state index in [1.54, 1.807) is 0 Å². The van der Waals surface area contributed by atoms with Crippen LogP contribution in [0.3, 0.4) is 0 Å². The molecule has 8 nitrogen and oxygen atoms in total. The summed E-state index contributed by atoms with van der Waals surface area (Å²) in [7, 11) is 0. The Labute approximate surface area is 214 Å². The monoisotopic (exact) mass is 551 g/mol. The number of hydrogen-bond donors (Lipinski definition) is 4. The molecule has 4 rings (SSSR count). The molecular formula is C23H15F6N7OS. The summed E-state index contributed by atoms with van der Waals surface area (Å²) in [5.41, 5.74) is 2.94. The average Bonchev–Trinajstić information content (AvgIpc) is 3.32. The molecule has 15 heteroatoms. The Morgan fingerprint density at radius 2 is 1.68 bits per heavy atom. The maximum atomic E-state index is 13.7. The number of anilines is 3. The summed E-state index contributed by atoms with van der Waals surface area (Å²) >= 11 is 0.913. The molecule has 0 spiro atoms. The van der Waals surface area contributed by atoms with Crippen molar-refractivity contribution in [1.82, 2.24) is 15.0 Å². The van der Waals surface area contributed by atoms with Crippen LogP contribution in [-0.2, 0) is 12.4 Å². The summed E-state index contributed by atoms with van der Waals surface area (Å²) in [6.45, 7) is 0. The Kier molecular flexibility index (Phi) is 7.04. The Balaban J connectivity index is 1.56. The Hall–Kier alpha value is -4.53. The predicted molar refractivity (Wildman–Crippen MR) is 128 cm³/mol. The molecule has 0 aliphatic rings. The van der Waals surface area contributed by atoms with Gasteiger partial charge in [-0.05, 0) is 36.4 Å². The van der Waals surface area contributed by atoms with Crippen LogP contribution in [0.5, 0.6) is 0 Å². The maximum absolute atomic E-state index is 13.7. The minimum absolute atomic E-state index is 0.0216. The highest BCUT2D eigenvalue weighted by Crippen LogP contribution is 2.34. The van der Waals surface area contributed by atoms with Gasteiger partial charge in [0.25, 0.3) is 5.91 Å². The lowest BCUT2D eigenvalue weighted by Gasteiger charge is -2.13. The highest BCUT2D eigenvalue weighted by molar-refractivity contribution is 7.14. The average molecular weight is 551 g/mol. The second-order valence-electron chi connectivity index (χ2n) is 7.64. The lowest BCUT2D eigenvalue weighted by atomic mass is 10.1. The number of carbonyl (C=O) groups is 1. The van der Waals surface area contributed by atoms with Crippen LogP contribution in [0.15, 0.2) is 60.1 Å². The van der Waals surface area contributed by atoms with E-state index in [2.05, 4.69) is 25.6 Å². The zero-order valence-electron chi connectivity index (χ0n) is 18.8. The number of nitrogens with one attached hydrogen (secondary N) is 3. The summed E-state index contributed by atoms with van der Waals surface area (Å²) in [6.07, 6.45) is -8.88. The molecule has 0 aliphatic heterocycles. The van der Waals surface area contributed by atoms with Crippen molar-refractivity contribution >= 4 is 39.8 Å². The van der Waals surface area contributed by atoms with Crippen molar-refractivity contribution in [3.8, 4) is 11.3 Å². The number of nitrogens with zero attached hydrogens (tertiary/aromatic N) is 3. The molecule has 0 unspecified atom stereocenters. The van der Waals surface area contributed by atoms with E-state index in [1.165, 1.54) is 41.8 Å². The number of benzene rings is 2. The van der Waals surface area contributed by atoms with Crippen LogP contribution < -0.4 is 16.4 Å². The van der Waals surface area contributed by atoms with Crippen molar-refractivity contribution < 1.29 is 31.1 Å². The molecule has 2 aromatic heterocycles. The van der Waals surface area contributed by atoms with Gasteiger partial charge in [-0.2, -0.15) is 26.3 Å². The van der Waals surface area contributed by atoms with E-state index >= 15 is 0 Å². The standard InChI is InChI=1S/C23H15F6N7OS/c24-22(25,26)13-3-1-2-12(8-13)16-10-38-21(34-16)36-20-32-9-15(17(35-20)23(27,28)29)19(37)33-14-6-4-11(5-7-14)18(30)31/h1-10H,(H3,30,31)(H,33,37)(H,32,34,35,36). The van der Waals surface area contributed by atoms with E-state index in [9.17, 15) is 31.1 Å². The van der Waals surface area contributed by atoms with Crippen molar-refractivity contribution in [3.05, 3.63) is 82.5 Å². The van der Waals surface area contributed by atoms with Crippen LogP contribution in [0.25, 0.3) is 11.3 Å². The molecule has 0 aliphatic carbocycles. The number of aromatic nitrogens is 3. The SMILES string of the molecule is N=C(N)c1ccc(NC(=O)c2cnc(Nc3nc(-c4cccc(C(F)(F)F)c4)cs3)nc2C(F)(F)F)cc1. The van der Waals surface area contributed by atoms with Crippen LogP contribution in [0.4, 0.5) is 43.1 Å². The molecule has 0 bridgehead atoms. The van der Waals surface area contributed by atoms with Gasteiger partial charge in [-0.1, -0.05) is 12.1 Å². The molecular weight excluding hydrogens is 536 g/mol. The summed E-state index contributed by atoms with van der Waals surface area (Å²) in [5, 5.41) is 13.6. The molecule has 196 valence electrons. The fourth-order valence-corrected chi connectivity index (χ4v) is 3.88. The van der Waals surface area contributed by atoms with Crippen molar-refractivity contribution in [3.63, 3.8) is 0 Å². The number of hydrogen-bond acceptors (Lipinski definition) is 7. The van der Waals surface area contributed by atoms with Crippen LogP contribution in [0.1, 0.15) is 27.2 Å². The Bertz CT molecular complexity index is 1500. The first-order valence-electron chi connectivity index (χ1n) is 10.4. The van der Waals surface area contributed by atoms with Gasteiger partial charge >= 0.3 is 12.4 Å². The van der Waals surface area contributed by atoms with Crippen molar-refractivity contribution in [1.29, 1.82) is 5.41 Å². The van der Waals surface area contributed by atoms with Crippen molar-refractivity contribution in [2.75, 3.05) is 10.6 Å². The number of amidine groups is 1. The van der Waals surface area contributed by atoms with Gasteiger partial charge in [0.2, 0.25) is 5.95 Å². The van der Waals surface area contributed by atoms with Crippen molar-refractivity contribution in [2.24, 2.45) is 5.73 Å². The third-order valence-electron chi connectivity index (χ3n) is 4.96. The minimum atomic E-state index is -5.02. The number of nitrogens with two attached hydrogens (primary N) is 1. The van der Waals surface area contributed by atoms with Crippen LogP contribution in [0, 0.1) is 5.41 Å². The molecule has 0 saturated heterocycles. The Morgan fingerprint density at radius 3 is 2.32 bits per heavy atom. The fourth-order valence-electron chi connectivity index (χ4n) is 3.17. The predicted octanol–water partition coefficient (Wildman–Crippen LogP) is 5.92. The molecule has 2 heterocycles. The molecule has 4 aromatic rings. The molecule has 0 saturated carbocycles. The number of halogens is 6. The molecule has 0 atom stereocenters. The molecule has 1 amide bonds. The summed E-state index contributed by atoms with van der Waals surface area (Å²) in [4.78, 5) is 23.9. The van der Waals surface area contributed by atoms with Crippen LogP contribution in [0.2, 0.25) is 0 Å². The normalized spacial score (nSPS) is 11.7. The first-order chi connectivity index (χ1) is 17.8. The topological polar surface area (TPSA) is 130 Å². The summed E-state index contributed by atoms with van der Waals surface area (Å²) in [5.74, 6) is -1.87. The fraction of sp³-hybridized carbons (Fsp3) is 0.0870. The minimum Gasteiger partial charge on any atom is -0.384 e. The molecule has 2 aromatic carbocycles. The third kappa shape index (κ3) is 6.05. The van der Waals surface area contributed by atoms with Gasteiger partial charge in [0, 0.05) is 28.4 Å². The summed E-state index contributed by atoms with van der Waals surface area (Å²) < 4.78 is 80.1. The van der Waals surface area contributed by atoms with Gasteiger partial charge in [0.15, 0.2) is 10.8 Å². The van der Waals surface area contributed by atoms with Gasteiger partial charge in [0.1, 0.15) is 5.84 Å². The van der Waals surface area contributed by atoms with Gasteiger partial charge in [0.05, 0.1) is 16.8 Å². The van der Waals surface area contributed by atoms with Crippen molar-refractivity contribution in [2.45, 2.75) is 12.4 Å². The van der Waals surface area contributed by atoms with Crippen LogP contribution in [-0.4, -0.2) is 26.7 Å². The maximum Gasteiger partial charge on any atom is 0.434 e. The number of rotatable bonds is 6. The number of nitrogen functional groups attached to an aromatic ring is 1. The molecule has 38 heavy (non-hydrogen) atoms. The zero-order valence-corrected chi connectivity index (χ0v) is 19.6. The quantitative estimate of drug-likeness (QED) is 0.134. The summed E-state index contributed by atoms with van der Waals surface area (Å²) in [6, 6.07) is 9.98. The number of amides is 1. The van der Waals surface area contributed by atoms with E-state index in [0.29, 0.717) is 11.8 Å². The molecule has 0 fully saturated rings. The Morgan fingerprint density at radius 1 is 0.974 bits per heavy atom. The smallest absolute Gasteiger partial charge is 0.384 e.